The second-order valence-corrected chi connectivity index (χ2v) is 10.7. The topological polar surface area (TPSA) is 121 Å². The summed E-state index contributed by atoms with van der Waals surface area (Å²) in [6.45, 7) is 4.78. The molecule has 1 aromatic heterocycles. The van der Waals surface area contributed by atoms with Gasteiger partial charge in [-0.3, -0.25) is 0 Å². The van der Waals surface area contributed by atoms with Crippen LogP contribution >= 0.6 is 0 Å². The first-order chi connectivity index (χ1) is 14.7. The van der Waals surface area contributed by atoms with E-state index in [0.29, 0.717) is 19.1 Å². The van der Waals surface area contributed by atoms with Crippen molar-refractivity contribution >= 4 is 21.6 Å². The number of aryl methyl sites for hydroxylation is 1. The summed E-state index contributed by atoms with van der Waals surface area (Å²) in [6.07, 6.45) is 5.38. The van der Waals surface area contributed by atoms with Gasteiger partial charge in [0.1, 0.15) is 4.90 Å². The minimum atomic E-state index is -3.55. The van der Waals surface area contributed by atoms with Crippen molar-refractivity contribution in [2.75, 3.05) is 19.0 Å². The van der Waals surface area contributed by atoms with Crippen molar-refractivity contribution in [1.82, 2.24) is 9.78 Å². The highest BCUT2D eigenvalue weighted by Crippen LogP contribution is 2.45. The zero-order chi connectivity index (χ0) is 22.0. The number of hydrogen-bond acceptors (Lipinski definition) is 5. The Morgan fingerprint density at radius 2 is 2.29 bits per heavy atom. The van der Waals surface area contributed by atoms with Gasteiger partial charge in [-0.25, -0.2) is 18.8 Å². The molecule has 3 N–H and O–H groups in total. The van der Waals surface area contributed by atoms with Crippen LogP contribution in [0.1, 0.15) is 48.4 Å². The Balaban J connectivity index is 1.45. The number of nitrogens with zero attached hydrogens (tertiary/aromatic N) is 3. The molecule has 3 atom stereocenters. The average Bonchev–Trinajstić information content (AvgIpc) is 3.34. The lowest BCUT2D eigenvalue weighted by Gasteiger charge is -2.31. The third-order valence-corrected chi connectivity index (χ3v) is 7.69. The van der Waals surface area contributed by atoms with Gasteiger partial charge in [-0.2, -0.15) is 5.10 Å². The summed E-state index contributed by atoms with van der Waals surface area (Å²) in [5, 5.41) is 13.1. The Labute approximate surface area is 181 Å². The van der Waals surface area contributed by atoms with Crippen molar-refractivity contribution in [3.05, 3.63) is 34.5 Å². The number of aromatic nitrogens is 2. The lowest BCUT2D eigenvalue weighted by molar-refractivity contribution is 0.0165. The summed E-state index contributed by atoms with van der Waals surface area (Å²) in [5.41, 5.74) is 5.08. The van der Waals surface area contributed by atoms with E-state index in [1.54, 1.807) is 11.8 Å². The lowest BCUT2D eigenvalue weighted by Crippen LogP contribution is -2.36. The van der Waals surface area contributed by atoms with Crippen molar-refractivity contribution in [3.8, 4) is 5.88 Å². The van der Waals surface area contributed by atoms with E-state index >= 15 is 0 Å². The Morgan fingerprint density at radius 3 is 3.03 bits per heavy atom. The summed E-state index contributed by atoms with van der Waals surface area (Å²) < 4.78 is 29.8. The molecule has 2 heterocycles. The van der Waals surface area contributed by atoms with E-state index in [0.717, 1.165) is 36.9 Å². The van der Waals surface area contributed by atoms with Crippen LogP contribution < -0.4 is 15.2 Å². The minimum absolute atomic E-state index is 0.113. The molecule has 1 aromatic carbocycles. The number of amides is 2. The van der Waals surface area contributed by atoms with Crippen LogP contribution in [-0.2, 0) is 40.5 Å². The number of carbonyl (C=O) groups excluding carboxylic acids is 1. The van der Waals surface area contributed by atoms with E-state index < -0.39 is 21.5 Å². The van der Waals surface area contributed by atoms with E-state index in [9.17, 15) is 9.00 Å². The van der Waals surface area contributed by atoms with Crippen molar-refractivity contribution < 1.29 is 18.5 Å². The van der Waals surface area contributed by atoms with E-state index in [1.807, 2.05) is 6.92 Å². The second-order valence-electron chi connectivity index (χ2n) is 8.97. The molecule has 0 spiro atoms. The summed E-state index contributed by atoms with van der Waals surface area (Å²) >= 11 is 0. The Morgan fingerprint density at radius 1 is 1.48 bits per heavy atom. The maximum atomic E-state index is 13.2. The molecule has 2 aliphatic carbocycles. The number of anilines is 1. The third kappa shape index (κ3) is 3.33. The van der Waals surface area contributed by atoms with Crippen molar-refractivity contribution in [3.63, 3.8) is 0 Å². The first-order valence-electron chi connectivity index (χ1n) is 10.5. The molecule has 31 heavy (non-hydrogen) atoms. The van der Waals surface area contributed by atoms with Crippen LogP contribution in [0.15, 0.2) is 21.5 Å². The molecule has 10 heteroatoms. The number of urea groups is 1. The van der Waals surface area contributed by atoms with Crippen LogP contribution in [0.3, 0.4) is 0 Å². The predicted molar refractivity (Wildman–Crippen MR) is 116 cm³/mol. The largest absolute Gasteiger partial charge is 0.466 e. The predicted octanol–water partition coefficient (Wildman–Crippen LogP) is 2.76. The fourth-order valence-corrected chi connectivity index (χ4v) is 6.02. The molecule has 0 saturated carbocycles. The van der Waals surface area contributed by atoms with Crippen LogP contribution in [0.5, 0.6) is 5.88 Å². The lowest BCUT2D eigenvalue weighted by atomic mass is 9.75. The molecule has 3 aliphatic rings. The zero-order valence-corrected chi connectivity index (χ0v) is 18.8. The number of fused-ring (bicyclic) bond motifs is 3. The van der Waals surface area contributed by atoms with Crippen LogP contribution in [-0.4, -0.2) is 39.3 Å². The highest BCUT2D eigenvalue weighted by molar-refractivity contribution is 7.91. The number of nitrogens with one attached hydrogen (secondary N) is 1. The summed E-state index contributed by atoms with van der Waals surface area (Å²) in [4.78, 5) is 12.9. The highest BCUT2D eigenvalue weighted by Gasteiger charge is 2.39. The molecule has 166 valence electrons. The van der Waals surface area contributed by atoms with Gasteiger partial charge in [0.15, 0.2) is 15.5 Å². The van der Waals surface area contributed by atoms with Crippen LogP contribution in [0.2, 0.25) is 0 Å². The number of hydrogen-bond donors (Lipinski definition) is 2. The van der Waals surface area contributed by atoms with Gasteiger partial charge in [-0.15, -0.1) is 4.36 Å². The average molecular weight is 446 g/mol. The maximum absolute atomic E-state index is 13.2. The summed E-state index contributed by atoms with van der Waals surface area (Å²) in [6, 6.07) is 1.55. The fourth-order valence-electron chi connectivity index (χ4n) is 5.04. The Hall–Kier alpha value is -2.43. The van der Waals surface area contributed by atoms with E-state index in [4.69, 9.17) is 14.6 Å². The van der Waals surface area contributed by atoms with Gasteiger partial charge in [0.25, 0.3) is 0 Å². The van der Waals surface area contributed by atoms with Crippen molar-refractivity contribution in [2.24, 2.45) is 9.50 Å². The molecule has 0 bridgehead atoms. The summed E-state index contributed by atoms with van der Waals surface area (Å²) in [5.74, 6) is 0.645. The summed E-state index contributed by atoms with van der Waals surface area (Å²) in [7, 11) is -1.96. The molecule has 0 radical (unpaired) electrons. The quantitative estimate of drug-likeness (QED) is 0.750. The molecule has 0 fully saturated rings. The first kappa shape index (κ1) is 20.5. The Bertz CT molecular complexity index is 1210. The van der Waals surface area contributed by atoms with Gasteiger partial charge in [0.2, 0.25) is 5.88 Å². The van der Waals surface area contributed by atoms with Gasteiger partial charge >= 0.3 is 6.03 Å². The van der Waals surface area contributed by atoms with Gasteiger partial charge in [0.05, 0.1) is 19.3 Å². The van der Waals surface area contributed by atoms with Crippen LogP contribution in [0, 0.1) is 0 Å². The zero-order valence-electron chi connectivity index (χ0n) is 17.9. The minimum Gasteiger partial charge on any atom is -0.466 e. The van der Waals surface area contributed by atoms with Crippen molar-refractivity contribution in [2.45, 2.75) is 62.5 Å². The molecule has 5 rings (SSSR count). The molecule has 2 amide bonds. The van der Waals surface area contributed by atoms with Crippen molar-refractivity contribution in [1.29, 1.82) is 0 Å². The van der Waals surface area contributed by atoms with Gasteiger partial charge in [-0.05, 0) is 60.8 Å². The monoisotopic (exact) mass is 445 g/mol. The molecular weight excluding hydrogens is 418 g/mol. The normalized spacial score (nSPS) is 25.0. The van der Waals surface area contributed by atoms with E-state index in [1.165, 1.54) is 22.9 Å². The number of ether oxygens (including phenoxy) is 2. The van der Waals surface area contributed by atoms with Gasteiger partial charge in [0, 0.05) is 12.8 Å². The molecule has 9 nitrogen and oxygen atoms in total. The van der Waals surface area contributed by atoms with E-state index in [-0.39, 0.29) is 10.8 Å². The Kier molecular flexibility index (Phi) is 4.65. The molecule has 2 aromatic rings. The molecular formula is C21H27N5O4S. The van der Waals surface area contributed by atoms with Crippen LogP contribution in [0.4, 0.5) is 10.5 Å². The first-order valence-corrected chi connectivity index (χ1v) is 12.1. The number of methoxy groups -OCH3 is 1. The van der Waals surface area contributed by atoms with Gasteiger partial charge in [-0.1, -0.05) is 13.0 Å². The molecule has 1 unspecified atom stereocenters. The smallest absolute Gasteiger partial charge is 0.354 e. The number of benzene rings is 1. The van der Waals surface area contributed by atoms with Crippen LogP contribution in [0.25, 0.3) is 0 Å². The number of nitrogens with two attached hydrogens (primary N) is 1. The standard InChI is InChI=1S/C21H27N5O4S/c1-12-7-14-8-13-5-4-6-15(13)18(17(12)14)24-20(27)25-31(22,28)16-9-23-26-10-21(2,11-29-3)30-19(16)26/h8-9,12H,4-7,10-11H2,1-3H3,(H3,22,24,25,27,28)/t12-,21+,31?/m0/s1. The second kappa shape index (κ2) is 7.04. The fraction of sp³-hybridized carbons (Fsp3) is 0.524. The SMILES string of the molecule is COC[C@@]1(C)Cn2ncc(S(N)(=O)=NC(=O)Nc3c4c(cc5c3[C@@H](C)C5)CCC4)c2O1. The highest BCUT2D eigenvalue weighted by atomic mass is 32.2. The third-order valence-electron chi connectivity index (χ3n) is 6.35. The molecule has 0 saturated heterocycles. The van der Waals surface area contributed by atoms with Gasteiger partial charge < -0.3 is 14.8 Å². The maximum Gasteiger partial charge on any atom is 0.354 e. The molecule has 1 aliphatic heterocycles. The number of rotatable bonds is 4. The number of carbonyl (C=O) groups is 1. The van der Waals surface area contributed by atoms with E-state index in [2.05, 4.69) is 27.8 Å².